The zero-order chi connectivity index (χ0) is 21.9. The molecule has 2 aliphatic heterocycles. The van der Waals surface area contributed by atoms with E-state index >= 15 is 0 Å². The van der Waals surface area contributed by atoms with Crippen molar-refractivity contribution in [2.75, 3.05) is 45.7 Å². The average molecular weight is 431 g/mol. The molecule has 0 radical (unpaired) electrons. The van der Waals surface area contributed by atoms with Crippen molar-refractivity contribution in [1.29, 1.82) is 0 Å². The number of nitrogen functional groups attached to an aromatic ring is 1. The van der Waals surface area contributed by atoms with E-state index in [1.54, 1.807) is 19.5 Å². The SMILES string of the molecule is COc1ccc2c(c1)C=C(CN1CCO[C@H](c3cccc(-c4cnc(N)nc4)n3)C1)CO2. The summed E-state index contributed by atoms with van der Waals surface area (Å²) in [7, 11) is 1.67. The smallest absolute Gasteiger partial charge is 0.219 e. The number of nitrogens with zero attached hydrogens (tertiary/aromatic N) is 4. The zero-order valence-electron chi connectivity index (χ0n) is 17.9. The van der Waals surface area contributed by atoms with Crippen LogP contribution >= 0.6 is 0 Å². The molecular weight excluding hydrogens is 406 g/mol. The minimum absolute atomic E-state index is 0.101. The minimum atomic E-state index is -0.101. The molecule has 164 valence electrons. The van der Waals surface area contributed by atoms with Gasteiger partial charge in [-0.25, -0.2) is 15.0 Å². The van der Waals surface area contributed by atoms with Gasteiger partial charge in [0.15, 0.2) is 0 Å². The van der Waals surface area contributed by atoms with E-state index in [1.165, 1.54) is 5.57 Å². The van der Waals surface area contributed by atoms with Gasteiger partial charge in [-0.2, -0.15) is 0 Å². The second kappa shape index (κ2) is 8.94. The molecule has 1 atom stereocenters. The second-order valence-corrected chi connectivity index (χ2v) is 7.87. The number of pyridine rings is 1. The highest BCUT2D eigenvalue weighted by molar-refractivity contribution is 5.64. The molecule has 0 spiro atoms. The second-order valence-electron chi connectivity index (χ2n) is 7.87. The fourth-order valence-electron chi connectivity index (χ4n) is 4.00. The van der Waals surface area contributed by atoms with Crippen LogP contribution < -0.4 is 15.2 Å². The Morgan fingerprint density at radius 1 is 1.19 bits per heavy atom. The molecule has 0 bridgehead atoms. The monoisotopic (exact) mass is 431 g/mol. The Hall–Kier alpha value is -3.49. The number of anilines is 1. The first-order valence-corrected chi connectivity index (χ1v) is 10.6. The van der Waals surface area contributed by atoms with Crippen LogP contribution in [-0.2, 0) is 4.74 Å². The van der Waals surface area contributed by atoms with Gasteiger partial charge in [-0.3, -0.25) is 4.90 Å². The van der Waals surface area contributed by atoms with E-state index in [1.807, 2.05) is 36.4 Å². The Balaban J connectivity index is 1.29. The van der Waals surface area contributed by atoms with E-state index in [0.717, 1.165) is 53.6 Å². The van der Waals surface area contributed by atoms with Gasteiger partial charge >= 0.3 is 0 Å². The normalized spacial score (nSPS) is 18.4. The Bertz CT molecular complexity index is 1130. The van der Waals surface area contributed by atoms with Crippen molar-refractivity contribution in [2.24, 2.45) is 0 Å². The molecule has 1 saturated heterocycles. The lowest BCUT2D eigenvalue weighted by Gasteiger charge is -2.34. The maximum Gasteiger partial charge on any atom is 0.219 e. The predicted octanol–water partition coefficient (Wildman–Crippen LogP) is 2.98. The van der Waals surface area contributed by atoms with Gasteiger partial charge in [0.1, 0.15) is 24.2 Å². The molecule has 2 aromatic heterocycles. The van der Waals surface area contributed by atoms with Crippen LogP contribution in [0.3, 0.4) is 0 Å². The van der Waals surface area contributed by atoms with Crippen molar-refractivity contribution in [1.82, 2.24) is 19.9 Å². The van der Waals surface area contributed by atoms with Crippen LogP contribution in [-0.4, -0.2) is 59.8 Å². The first-order chi connectivity index (χ1) is 15.7. The summed E-state index contributed by atoms with van der Waals surface area (Å²) in [5.41, 5.74) is 10.4. The Kier molecular flexibility index (Phi) is 5.70. The van der Waals surface area contributed by atoms with Gasteiger partial charge in [0.25, 0.3) is 0 Å². The van der Waals surface area contributed by atoms with Gasteiger partial charge in [0.2, 0.25) is 5.95 Å². The third-order valence-electron chi connectivity index (χ3n) is 5.64. The molecule has 0 saturated carbocycles. The quantitative estimate of drug-likeness (QED) is 0.659. The summed E-state index contributed by atoms with van der Waals surface area (Å²) < 4.78 is 17.3. The Morgan fingerprint density at radius 3 is 2.91 bits per heavy atom. The van der Waals surface area contributed by atoms with Crippen molar-refractivity contribution >= 4 is 12.0 Å². The molecule has 32 heavy (non-hydrogen) atoms. The number of methoxy groups -OCH3 is 1. The summed E-state index contributed by atoms with van der Waals surface area (Å²) in [5, 5.41) is 0. The number of nitrogens with two attached hydrogens (primary N) is 1. The molecule has 0 amide bonds. The Labute approximate surface area is 186 Å². The highest BCUT2D eigenvalue weighted by atomic mass is 16.5. The van der Waals surface area contributed by atoms with Gasteiger partial charge < -0.3 is 19.9 Å². The van der Waals surface area contributed by atoms with Crippen LogP contribution in [0.5, 0.6) is 11.5 Å². The molecule has 4 heterocycles. The molecular formula is C24H25N5O3. The molecule has 8 nitrogen and oxygen atoms in total. The number of morpholine rings is 1. The summed E-state index contributed by atoms with van der Waals surface area (Å²) >= 11 is 0. The van der Waals surface area contributed by atoms with Gasteiger partial charge in [-0.05, 0) is 42.0 Å². The topological polar surface area (TPSA) is 95.6 Å². The fourth-order valence-corrected chi connectivity index (χ4v) is 4.00. The number of ether oxygens (including phenoxy) is 3. The summed E-state index contributed by atoms with van der Waals surface area (Å²) in [4.78, 5) is 15.3. The van der Waals surface area contributed by atoms with Crippen molar-refractivity contribution in [3.8, 4) is 22.8 Å². The fraction of sp³-hybridized carbons (Fsp3) is 0.292. The third-order valence-corrected chi connectivity index (χ3v) is 5.64. The number of hydrogen-bond donors (Lipinski definition) is 1. The van der Waals surface area contributed by atoms with E-state index < -0.39 is 0 Å². The predicted molar refractivity (Wildman–Crippen MR) is 121 cm³/mol. The maximum absolute atomic E-state index is 6.06. The third kappa shape index (κ3) is 4.42. The van der Waals surface area contributed by atoms with Crippen LogP contribution in [0.4, 0.5) is 5.95 Å². The largest absolute Gasteiger partial charge is 0.497 e. The molecule has 0 unspecified atom stereocenters. The zero-order valence-corrected chi connectivity index (χ0v) is 17.9. The molecule has 2 aliphatic rings. The molecule has 8 heteroatoms. The van der Waals surface area contributed by atoms with Gasteiger partial charge in [-0.15, -0.1) is 0 Å². The molecule has 2 N–H and O–H groups in total. The highest BCUT2D eigenvalue weighted by Crippen LogP contribution is 2.31. The lowest BCUT2D eigenvalue weighted by molar-refractivity contribution is -0.0293. The van der Waals surface area contributed by atoms with Gasteiger partial charge in [0.05, 0.1) is 25.1 Å². The van der Waals surface area contributed by atoms with Gasteiger partial charge in [-0.1, -0.05) is 6.07 Å². The van der Waals surface area contributed by atoms with E-state index in [9.17, 15) is 0 Å². The number of hydrogen-bond acceptors (Lipinski definition) is 8. The van der Waals surface area contributed by atoms with Crippen LogP contribution in [0.15, 0.2) is 54.4 Å². The van der Waals surface area contributed by atoms with Crippen LogP contribution in [0.1, 0.15) is 17.4 Å². The lowest BCUT2D eigenvalue weighted by Crippen LogP contribution is -2.40. The molecule has 3 aromatic rings. The van der Waals surface area contributed by atoms with E-state index in [2.05, 4.69) is 20.9 Å². The summed E-state index contributed by atoms with van der Waals surface area (Å²) in [6.07, 6.45) is 5.47. The average Bonchev–Trinajstić information content (AvgIpc) is 2.84. The van der Waals surface area contributed by atoms with E-state index in [4.69, 9.17) is 24.9 Å². The molecule has 5 rings (SSSR count). The van der Waals surface area contributed by atoms with Crippen molar-refractivity contribution < 1.29 is 14.2 Å². The van der Waals surface area contributed by atoms with E-state index in [0.29, 0.717) is 13.2 Å². The molecule has 1 fully saturated rings. The minimum Gasteiger partial charge on any atom is -0.497 e. The highest BCUT2D eigenvalue weighted by Gasteiger charge is 2.25. The number of benzene rings is 1. The van der Waals surface area contributed by atoms with E-state index in [-0.39, 0.29) is 12.1 Å². The standard InChI is InChI=1S/C24H25N5O3/c1-30-19-5-6-22-17(10-19)9-16(15-32-22)13-29-7-8-31-23(14-29)21-4-2-3-20(28-21)18-11-26-24(25)27-12-18/h2-6,9-12,23H,7-8,13-15H2,1H3,(H2,25,26,27)/t23-/m0/s1. The number of fused-ring (bicyclic) bond motifs is 1. The Morgan fingerprint density at radius 2 is 2.06 bits per heavy atom. The number of rotatable bonds is 5. The van der Waals surface area contributed by atoms with Crippen LogP contribution in [0, 0.1) is 0 Å². The van der Waals surface area contributed by atoms with Crippen molar-refractivity contribution in [3.05, 3.63) is 65.6 Å². The first-order valence-electron chi connectivity index (χ1n) is 10.6. The summed E-state index contributed by atoms with van der Waals surface area (Å²) in [6, 6.07) is 11.8. The van der Waals surface area contributed by atoms with Crippen molar-refractivity contribution in [2.45, 2.75) is 6.10 Å². The maximum atomic E-state index is 6.06. The van der Waals surface area contributed by atoms with Crippen molar-refractivity contribution in [3.63, 3.8) is 0 Å². The summed E-state index contributed by atoms with van der Waals surface area (Å²) in [6.45, 7) is 3.69. The number of aromatic nitrogens is 3. The first kappa shape index (κ1) is 20.4. The summed E-state index contributed by atoms with van der Waals surface area (Å²) in [5.74, 6) is 1.97. The molecule has 1 aromatic carbocycles. The molecule has 0 aliphatic carbocycles. The van der Waals surface area contributed by atoms with Crippen LogP contribution in [0.2, 0.25) is 0 Å². The lowest BCUT2D eigenvalue weighted by atomic mass is 10.1. The van der Waals surface area contributed by atoms with Gasteiger partial charge in [0, 0.05) is 43.2 Å². The van der Waals surface area contributed by atoms with Crippen LogP contribution in [0.25, 0.3) is 17.3 Å².